The van der Waals surface area contributed by atoms with Crippen molar-refractivity contribution in [2.75, 3.05) is 0 Å². The van der Waals surface area contributed by atoms with Gasteiger partial charge in [0.05, 0.1) is 17.1 Å². The number of amides is 1. The third-order valence-electron chi connectivity index (χ3n) is 4.34. The second kappa shape index (κ2) is 7.88. The Bertz CT molecular complexity index is 674. The lowest BCUT2D eigenvalue weighted by Crippen LogP contribution is -2.39. The molecule has 0 radical (unpaired) electrons. The highest BCUT2D eigenvalue weighted by Crippen LogP contribution is 2.28. The summed E-state index contributed by atoms with van der Waals surface area (Å²) >= 11 is 1.29. The average molecular weight is 349 g/mol. The van der Waals surface area contributed by atoms with Gasteiger partial charge in [-0.2, -0.15) is 0 Å². The van der Waals surface area contributed by atoms with E-state index in [0.717, 1.165) is 24.2 Å². The summed E-state index contributed by atoms with van der Waals surface area (Å²) < 4.78 is 10.9. The van der Waals surface area contributed by atoms with E-state index in [0.29, 0.717) is 17.2 Å². The molecule has 1 amide bonds. The Hall–Kier alpha value is -1.76. The Balaban J connectivity index is 1.56. The molecule has 1 N–H and O–H groups in total. The van der Waals surface area contributed by atoms with Crippen molar-refractivity contribution in [2.45, 2.75) is 68.9 Å². The number of aryl methyl sites for hydroxylation is 1. The van der Waals surface area contributed by atoms with E-state index >= 15 is 0 Å². The zero-order valence-corrected chi connectivity index (χ0v) is 14.9. The van der Waals surface area contributed by atoms with Gasteiger partial charge in [0.25, 0.3) is 11.1 Å². The van der Waals surface area contributed by atoms with Crippen LogP contribution in [0.2, 0.25) is 0 Å². The van der Waals surface area contributed by atoms with Crippen LogP contribution in [0.15, 0.2) is 26.4 Å². The van der Waals surface area contributed by atoms with Gasteiger partial charge in [0.1, 0.15) is 5.76 Å². The normalized spacial score (nSPS) is 17.4. The Kier molecular flexibility index (Phi) is 5.60. The summed E-state index contributed by atoms with van der Waals surface area (Å²) in [4.78, 5) is 12.4. The summed E-state index contributed by atoms with van der Waals surface area (Å²) in [6.07, 6.45) is 8.68. The smallest absolute Gasteiger partial charge is 0.277 e. The quantitative estimate of drug-likeness (QED) is 0.650. The second-order valence-electron chi connectivity index (χ2n) is 6.22. The van der Waals surface area contributed by atoms with Gasteiger partial charge in [-0.1, -0.05) is 37.4 Å². The van der Waals surface area contributed by atoms with Gasteiger partial charge in [0, 0.05) is 6.04 Å². The molecule has 1 aliphatic carbocycles. The number of rotatable bonds is 5. The lowest BCUT2D eigenvalue weighted by Gasteiger charge is -2.18. The fourth-order valence-corrected chi connectivity index (χ4v) is 3.61. The van der Waals surface area contributed by atoms with Gasteiger partial charge in [-0.05, 0) is 32.8 Å². The molecule has 130 valence electrons. The molecule has 0 aromatic carbocycles. The largest absolute Gasteiger partial charge is 0.469 e. The highest BCUT2D eigenvalue weighted by atomic mass is 32.2. The number of thioether (sulfide) groups is 1. The molecule has 0 spiro atoms. The molecule has 1 saturated carbocycles. The maximum atomic E-state index is 12.4. The van der Waals surface area contributed by atoms with E-state index in [4.69, 9.17) is 8.83 Å². The Labute approximate surface area is 145 Å². The van der Waals surface area contributed by atoms with E-state index in [1.54, 1.807) is 12.3 Å². The number of aromatic nitrogens is 2. The van der Waals surface area contributed by atoms with Gasteiger partial charge in [-0.3, -0.25) is 4.79 Å². The average Bonchev–Trinajstić information content (AvgIpc) is 3.10. The molecule has 0 aliphatic heterocycles. The number of furan rings is 1. The third kappa shape index (κ3) is 4.20. The van der Waals surface area contributed by atoms with E-state index in [1.807, 2.05) is 13.8 Å². The van der Waals surface area contributed by atoms with Crippen LogP contribution >= 0.6 is 11.8 Å². The summed E-state index contributed by atoms with van der Waals surface area (Å²) in [7, 11) is 0. The molecule has 1 fully saturated rings. The van der Waals surface area contributed by atoms with E-state index < -0.39 is 0 Å². The van der Waals surface area contributed by atoms with E-state index in [2.05, 4.69) is 15.5 Å². The first-order valence-electron chi connectivity index (χ1n) is 8.48. The van der Waals surface area contributed by atoms with Crippen LogP contribution in [0.5, 0.6) is 0 Å². The number of carbonyl (C=O) groups excluding carboxylic acids is 1. The first-order chi connectivity index (χ1) is 11.6. The predicted octanol–water partition coefficient (Wildman–Crippen LogP) is 3.96. The van der Waals surface area contributed by atoms with Crippen LogP contribution in [0.25, 0.3) is 11.5 Å². The molecular weight excluding hydrogens is 326 g/mol. The molecule has 0 bridgehead atoms. The molecule has 0 saturated heterocycles. The topological polar surface area (TPSA) is 81.2 Å². The van der Waals surface area contributed by atoms with Crippen molar-refractivity contribution >= 4 is 17.7 Å². The SMILES string of the molecule is Cc1occc1-c1nnc(S[C@H](C)C(=O)NC2CCCCCC2)o1. The van der Waals surface area contributed by atoms with Crippen molar-refractivity contribution in [3.63, 3.8) is 0 Å². The van der Waals surface area contributed by atoms with Crippen LogP contribution in [0.4, 0.5) is 0 Å². The number of hydrogen-bond donors (Lipinski definition) is 1. The van der Waals surface area contributed by atoms with Crippen molar-refractivity contribution in [3.8, 4) is 11.5 Å². The molecule has 7 heteroatoms. The highest BCUT2D eigenvalue weighted by molar-refractivity contribution is 8.00. The summed E-state index contributed by atoms with van der Waals surface area (Å²) in [5.74, 6) is 1.18. The van der Waals surface area contributed by atoms with E-state index in [-0.39, 0.29) is 11.2 Å². The van der Waals surface area contributed by atoms with Crippen LogP contribution in [-0.4, -0.2) is 27.4 Å². The summed E-state index contributed by atoms with van der Waals surface area (Å²) in [5.41, 5.74) is 0.782. The van der Waals surface area contributed by atoms with Crippen molar-refractivity contribution < 1.29 is 13.6 Å². The molecule has 2 aromatic rings. The summed E-state index contributed by atoms with van der Waals surface area (Å²) in [6.45, 7) is 3.71. The maximum Gasteiger partial charge on any atom is 0.277 e. The van der Waals surface area contributed by atoms with Gasteiger partial charge in [0.15, 0.2) is 0 Å². The molecule has 24 heavy (non-hydrogen) atoms. The Morgan fingerprint density at radius 3 is 2.71 bits per heavy atom. The Morgan fingerprint density at radius 1 is 1.29 bits per heavy atom. The number of hydrogen-bond acceptors (Lipinski definition) is 6. The van der Waals surface area contributed by atoms with Gasteiger partial charge in [-0.25, -0.2) is 0 Å². The number of nitrogens with one attached hydrogen (secondary N) is 1. The van der Waals surface area contributed by atoms with Crippen LogP contribution in [0.3, 0.4) is 0 Å². The molecule has 2 aromatic heterocycles. The zero-order valence-electron chi connectivity index (χ0n) is 14.1. The standard InChI is InChI=1S/C17H23N3O3S/c1-11-14(9-10-22-11)16-19-20-17(23-16)24-12(2)15(21)18-13-7-5-3-4-6-8-13/h9-10,12-13H,3-8H2,1-2H3,(H,18,21)/t12-/m1/s1. The minimum Gasteiger partial charge on any atom is -0.469 e. The number of nitrogens with zero attached hydrogens (tertiary/aromatic N) is 2. The predicted molar refractivity (Wildman–Crippen MR) is 91.7 cm³/mol. The molecule has 1 aliphatic rings. The van der Waals surface area contributed by atoms with Crippen LogP contribution in [0.1, 0.15) is 51.2 Å². The van der Waals surface area contributed by atoms with Gasteiger partial charge >= 0.3 is 0 Å². The molecule has 3 rings (SSSR count). The van der Waals surface area contributed by atoms with Gasteiger partial charge in [0.2, 0.25) is 5.91 Å². The van der Waals surface area contributed by atoms with Gasteiger partial charge < -0.3 is 14.2 Å². The summed E-state index contributed by atoms with van der Waals surface area (Å²) in [6, 6.07) is 2.09. The lowest BCUT2D eigenvalue weighted by atomic mass is 10.1. The first-order valence-corrected chi connectivity index (χ1v) is 9.36. The molecule has 2 heterocycles. The minimum atomic E-state index is -0.271. The fourth-order valence-electron chi connectivity index (χ4n) is 2.92. The van der Waals surface area contributed by atoms with Crippen LogP contribution in [0, 0.1) is 6.92 Å². The molecule has 0 unspecified atom stereocenters. The summed E-state index contributed by atoms with van der Waals surface area (Å²) in [5, 5.41) is 11.3. The lowest BCUT2D eigenvalue weighted by molar-refractivity contribution is -0.121. The van der Waals surface area contributed by atoms with Crippen molar-refractivity contribution in [1.82, 2.24) is 15.5 Å². The third-order valence-corrected chi connectivity index (χ3v) is 5.28. The van der Waals surface area contributed by atoms with Crippen molar-refractivity contribution in [1.29, 1.82) is 0 Å². The van der Waals surface area contributed by atoms with Crippen molar-refractivity contribution in [2.24, 2.45) is 0 Å². The Morgan fingerprint density at radius 2 is 2.04 bits per heavy atom. The molecule has 6 nitrogen and oxygen atoms in total. The number of carbonyl (C=O) groups is 1. The van der Waals surface area contributed by atoms with E-state index in [1.165, 1.54) is 37.4 Å². The fraction of sp³-hybridized carbons (Fsp3) is 0.588. The minimum absolute atomic E-state index is 0.0335. The van der Waals surface area contributed by atoms with Crippen LogP contribution < -0.4 is 5.32 Å². The monoisotopic (exact) mass is 349 g/mol. The first kappa shape index (κ1) is 17.1. The molecule has 1 atom stereocenters. The maximum absolute atomic E-state index is 12.4. The second-order valence-corrected chi connectivity index (χ2v) is 7.51. The molecular formula is C17H23N3O3S. The van der Waals surface area contributed by atoms with Crippen LogP contribution in [-0.2, 0) is 4.79 Å². The van der Waals surface area contributed by atoms with Gasteiger partial charge in [-0.15, -0.1) is 10.2 Å². The highest BCUT2D eigenvalue weighted by Gasteiger charge is 2.22. The zero-order chi connectivity index (χ0) is 16.9. The van der Waals surface area contributed by atoms with Crippen molar-refractivity contribution in [3.05, 3.63) is 18.1 Å². The van der Waals surface area contributed by atoms with E-state index in [9.17, 15) is 4.79 Å².